The third kappa shape index (κ3) is 4.81. The SMILES string of the molecule is CCNCc1cc(OC2CCCCCC2)ccc1Br. The van der Waals surface area contributed by atoms with Gasteiger partial charge in [0.25, 0.3) is 0 Å². The van der Waals surface area contributed by atoms with Crippen LogP contribution in [0, 0.1) is 0 Å². The van der Waals surface area contributed by atoms with E-state index in [9.17, 15) is 0 Å². The van der Waals surface area contributed by atoms with Gasteiger partial charge in [-0.15, -0.1) is 0 Å². The summed E-state index contributed by atoms with van der Waals surface area (Å²) in [7, 11) is 0. The molecular weight excluding hydrogens is 302 g/mol. The lowest BCUT2D eigenvalue weighted by Crippen LogP contribution is -2.16. The van der Waals surface area contributed by atoms with Gasteiger partial charge in [0, 0.05) is 11.0 Å². The third-order valence-corrected chi connectivity index (χ3v) is 4.46. The van der Waals surface area contributed by atoms with Crippen molar-refractivity contribution < 1.29 is 4.74 Å². The molecule has 0 bridgehead atoms. The van der Waals surface area contributed by atoms with Crippen molar-refractivity contribution >= 4 is 15.9 Å². The summed E-state index contributed by atoms with van der Waals surface area (Å²) in [6, 6.07) is 6.33. The Morgan fingerprint density at radius 2 is 1.95 bits per heavy atom. The molecule has 2 nitrogen and oxygen atoms in total. The molecule has 0 amide bonds. The fourth-order valence-corrected chi connectivity index (χ4v) is 2.96. The second-order valence-electron chi connectivity index (χ2n) is 5.26. The van der Waals surface area contributed by atoms with Crippen LogP contribution in [0.2, 0.25) is 0 Å². The van der Waals surface area contributed by atoms with Crippen LogP contribution in [-0.2, 0) is 6.54 Å². The first kappa shape index (κ1) is 14.9. The first-order valence-corrected chi connectivity index (χ1v) is 8.24. The van der Waals surface area contributed by atoms with E-state index >= 15 is 0 Å². The zero-order valence-electron chi connectivity index (χ0n) is 11.8. The fraction of sp³-hybridized carbons (Fsp3) is 0.625. The third-order valence-electron chi connectivity index (χ3n) is 3.69. The standard InChI is InChI=1S/C16H24BrNO/c1-2-18-12-13-11-15(9-10-16(13)17)19-14-7-5-3-4-6-8-14/h9-11,14,18H,2-8,12H2,1H3. The minimum Gasteiger partial charge on any atom is -0.490 e. The molecule has 1 N–H and O–H groups in total. The maximum Gasteiger partial charge on any atom is 0.120 e. The summed E-state index contributed by atoms with van der Waals surface area (Å²) in [5.41, 5.74) is 1.27. The zero-order valence-corrected chi connectivity index (χ0v) is 13.3. The molecule has 0 saturated heterocycles. The molecular formula is C16H24BrNO. The van der Waals surface area contributed by atoms with Crippen LogP contribution < -0.4 is 10.1 Å². The van der Waals surface area contributed by atoms with E-state index in [2.05, 4.69) is 46.4 Å². The van der Waals surface area contributed by atoms with E-state index in [4.69, 9.17) is 4.74 Å². The lowest BCUT2D eigenvalue weighted by molar-refractivity contribution is 0.183. The molecule has 1 aliphatic rings. The van der Waals surface area contributed by atoms with Gasteiger partial charge in [-0.2, -0.15) is 0 Å². The minimum absolute atomic E-state index is 0.413. The van der Waals surface area contributed by atoms with Gasteiger partial charge in [0.2, 0.25) is 0 Å². The topological polar surface area (TPSA) is 21.3 Å². The summed E-state index contributed by atoms with van der Waals surface area (Å²) in [5, 5.41) is 3.36. The Morgan fingerprint density at radius 1 is 1.21 bits per heavy atom. The van der Waals surface area contributed by atoms with Gasteiger partial charge in [-0.3, -0.25) is 0 Å². The minimum atomic E-state index is 0.413. The molecule has 19 heavy (non-hydrogen) atoms. The van der Waals surface area contributed by atoms with E-state index in [1.807, 2.05) is 0 Å². The number of nitrogens with one attached hydrogen (secondary N) is 1. The van der Waals surface area contributed by atoms with Gasteiger partial charge in [0.15, 0.2) is 0 Å². The second kappa shape index (κ2) is 7.91. The van der Waals surface area contributed by atoms with Crippen molar-refractivity contribution in [2.45, 2.75) is 58.1 Å². The van der Waals surface area contributed by atoms with E-state index in [1.165, 1.54) is 44.1 Å². The molecule has 1 aliphatic carbocycles. The smallest absolute Gasteiger partial charge is 0.120 e. The van der Waals surface area contributed by atoms with Crippen molar-refractivity contribution in [1.29, 1.82) is 0 Å². The first-order valence-electron chi connectivity index (χ1n) is 7.45. The Labute approximate surface area is 125 Å². The monoisotopic (exact) mass is 325 g/mol. The van der Waals surface area contributed by atoms with Crippen LogP contribution in [0.1, 0.15) is 51.0 Å². The maximum absolute atomic E-state index is 6.16. The van der Waals surface area contributed by atoms with Gasteiger partial charge < -0.3 is 10.1 Å². The molecule has 106 valence electrons. The van der Waals surface area contributed by atoms with Gasteiger partial charge in [-0.25, -0.2) is 0 Å². The lowest BCUT2D eigenvalue weighted by Gasteiger charge is -2.18. The highest BCUT2D eigenvalue weighted by atomic mass is 79.9. The van der Waals surface area contributed by atoms with Gasteiger partial charge in [0.05, 0.1) is 6.10 Å². The molecule has 1 fully saturated rings. The van der Waals surface area contributed by atoms with Crippen LogP contribution in [0.3, 0.4) is 0 Å². The highest BCUT2D eigenvalue weighted by molar-refractivity contribution is 9.10. The number of ether oxygens (including phenoxy) is 1. The molecule has 0 unspecified atom stereocenters. The molecule has 0 spiro atoms. The van der Waals surface area contributed by atoms with E-state index in [0.29, 0.717) is 6.10 Å². The van der Waals surface area contributed by atoms with Crippen molar-refractivity contribution in [3.05, 3.63) is 28.2 Å². The molecule has 0 aromatic heterocycles. The highest BCUT2D eigenvalue weighted by Crippen LogP contribution is 2.26. The number of halogens is 1. The summed E-state index contributed by atoms with van der Waals surface area (Å²) in [6.45, 7) is 4.00. The molecule has 1 aromatic rings. The molecule has 0 radical (unpaired) electrons. The van der Waals surface area contributed by atoms with Crippen LogP contribution in [0.15, 0.2) is 22.7 Å². The summed E-state index contributed by atoms with van der Waals surface area (Å²) >= 11 is 3.60. The largest absolute Gasteiger partial charge is 0.490 e. The number of rotatable bonds is 5. The van der Waals surface area contributed by atoms with Gasteiger partial charge in [0.1, 0.15) is 5.75 Å². The van der Waals surface area contributed by atoms with Gasteiger partial charge >= 0.3 is 0 Å². The number of hydrogen-bond acceptors (Lipinski definition) is 2. The Bertz CT molecular complexity index is 386. The summed E-state index contributed by atoms with van der Waals surface area (Å²) in [6.07, 6.45) is 8.18. The normalized spacial score (nSPS) is 17.2. The predicted octanol–water partition coefficient (Wildman–Crippen LogP) is 4.66. The number of benzene rings is 1. The van der Waals surface area contributed by atoms with Crippen molar-refractivity contribution in [3.8, 4) is 5.75 Å². The number of hydrogen-bond donors (Lipinski definition) is 1. The van der Waals surface area contributed by atoms with Crippen LogP contribution >= 0.6 is 15.9 Å². The first-order chi connectivity index (χ1) is 9.29. The lowest BCUT2D eigenvalue weighted by atomic mass is 10.1. The van der Waals surface area contributed by atoms with E-state index in [1.54, 1.807) is 0 Å². The molecule has 1 aromatic carbocycles. The van der Waals surface area contributed by atoms with Crippen molar-refractivity contribution in [2.75, 3.05) is 6.54 Å². The molecule has 1 saturated carbocycles. The molecule has 2 rings (SSSR count). The van der Waals surface area contributed by atoms with Crippen molar-refractivity contribution in [1.82, 2.24) is 5.32 Å². The van der Waals surface area contributed by atoms with Gasteiger partial charge in [-0.05, 0) is 56.0 Å². The predicted molar refractivity (Wildman–Crippen MR) is 83.6 cm³/mol. The average Bonchev–Trinajstić information content (AvgIpc) is 2.68. The molecule has 3 heteroatoms. The summed E-state index contributed by atoms with van der Waals surface area (Å²) < 4.78 is 7.32. The van der Waals surface area contributed by atoms with Gasteiger partial charge in [-0.1, -0.05) is 35.7 Å². The summed E-state index contributed by atoms with van der Waals surface area (Å²) in [5.74, 6) is 1.02. The van der Waals surface area contributed by atoms with Crippen LogP contribution in [-0.4, -0.2) is 12.6 Å². The van der Waals surface area contributed by atoms with Crippen LogP contribution in [0.5, 0.6) is 5.75 Å². The van der Waals surface area contributed by atoms with Crippen molar-refractivity contribution in [2.24, 2.45) is 0 Å². The van der Waals surface area contributed by atoms with Crippen LogP contribution in [0.25, 0.3) is 0 Å². The quantitative estimate of drug-likeness (QED) is 0.795. The van der Waals surface area contributed by atoms with E-state index in [-0.39, 0.29) is 0 Å². The van der Waals surface area contributed by atoms with E-state index in [0.717, 1.165) is 23.3 Å². The Balaban J connectivity index is 1.98. The van der Waals surface area contributed by atoms with E-state index < -0.39 is 0 Å². The fourth-order valence-electron chi connectivity index (χ4n) is 2.57. The summed E-state index contributed by atoms with van der Waals surface area (Å²) in [4.78, 5) is 0. The maximum atomic E-state index is 6.16. The molecule has 0 atom stereocenters. The second-order valence-corrected chi connectivity index (χ2v) is 6.12. The Kier molecular flexibility index (Phi) is 6.18. The highest BCUT2D eigenvalue weighted by Gasteiger charge is 2.14. The van der Waals surface area contributed by atoms with Crippen molar-refractivity contribution in [3.63, 3.8) is 0 Å². The Hall–Kier alpha value is -0.540. The average molecular weight is 326 g/mol. The van der Waals surface area contributed by atoms with Crippen LogP contribution in [0.4, 0.5) is 0 Å². The molecule has 0 heterocycles. The zero-order chi connectivity index (χ0) is 13.5. The molecule has 0 aliphatic heterocycles. The Morgan fingerprint density at radius 3 is 2.63 bits per heavy atom.